The molecule has 1 aromatic rings. The number of furan rings is 1. The highest BCUT2D eigenvalue weighted by atomic mass is 16.3. The third kappa shape index (κ3) is 2.90. The summed E-state index contributed by atoms with van der Waals surface area (Å²) < 4.78 is 5.14. The summed E-state index contributed by atoms with van der Waals surface area (Å²) in [5.41, 5.74) is 7.51. The first-order valence-corrected chi connectivity index (χ1v) is 6.69. The van der Waals surface area contributed by atoms with Gasteiger partial charge in [0.2, 0.25) is 0 Å². The molecule has 3 heteroatoms. The van der Waals surface area contributed by atoms with E-state index in [4.69, 9.17) is 10.2 Å². The maximum atomic E-state index is 6.07. The van der Waals surface area contributed by atoms with Crippen molar-refractivity contribution in [3.8, 4) is 0 Å². The minimum atomic E-state index is 0.202. The molecule has 0 spiro atoms. The molecule has 0 aromatic carbocycles. The van der Waals surface area contributed by atoms with Gasteiger partial charge in [-0.1, -0.05) is 25.7 Å². The van der Waals surface area contributed by atoms with Gasteiger partial charge in [-0.2, -0.15) is 0 Å². The first kappa shape index (κ1) is 12.7. The van der Waals surface area contributed by atoms with Crippen LogP contribution in [0.1, 0.15) is 44.1 Å². The van der Waals surface area contributed by atoms with Crippen molar-refractivity contribution < 1.29 is 4.42 Å². The minimum absolute atomic E-state index is 0.202. The molecule has 17 heavy (non-hydrogen) atoms. The molecule has 0 amide bonds. The molecule has 1 saturated carbocycles. The maximum absolute atomic E-state index is 6.07. The number of hydrogen-bond donors (Lipinski definition) is 1. The summed E-state index contributed by atoms with van der Waals surface area (Å²) in [5.74, 6) is 0. The van der Waals surface area contributed by atoms with Gasteiger partial charge in [0.25, 0.3) is 0 Å². The Morgan fingerprint density at radius 2 is 2.00 bits per heavy atom. The Morgan fingerprint density at radius 1 is 1.29 bits per heavy atom. The Bertz CT molecular complexity index is 313. The second-order valence-electron chi connectivity index (χ2n) is 5.33. The van der Waals surface area contributed by atoms with Gasteiger partial charge in [0, 0.05) is 24.2 Å². The van der Waals surface area contributed by atoms with Crippen molar-refractivity contribution in [1.82, 2.24) is 4.90 Å². The first-order chi connectivity index (χ1) is 8.27. The Kier molecular flexibility index (Phi) is 4.24. The number of likely N-dealkylation sites (N-methyl/N-ethyl adjacent to an activating group) is 1. The molecule has 0 atom stereocenters. The predicted molar refractivity (Wildman–Crippen MR) is 69.7 cm³/mol. The van der Waals surface area contributed by atoms with Crippen LogP contribution in [0.5, 0.6) is 0 Å². The summed E-state index contributed by atoms with van der Waals surface area (Å²) in [4.78, 5) is 2.43. The summed E-state index contributed by atoms with van der Waals surface area (Å²) in [6.45, 7) is 1.70. The van der Waals surface area contributed by atoms with E-state index >= 15 is 0 Å². The van der Waals surface area contributed by atoms with Gasteiger partial charge in [0.15, 0.2) is 0 Å². The van der Waals surface area contributed by atoms with Crippen LogP contribution < -0.4 is 5.73 Å². The van der Waals surface area contributed by atoms with Gasteiger partial charge in [-0.15, -0.1) is 0 Å². The van der Waals surface area contributed by atoms with Crippen LogP contribution in [0.25, 0.3) is 0 Å². The van der Waals surface area contributed by atoms with E-state index in [1.165, 1.54) is 44.1 Å². The number of nitrogens with two attached hydrogens (primary N) is 1. The van der Waals surface area contributed by atoms with Crippen LogP contribution in [0, 0.1) is 0 Å². The normalized spacial score (nSPS) is 20.4. The Balaban J connectivity index is 2.04. The standard InChI is InChI=1S/C14H24N2O/c1-16(10-13-6-9-17-11-13)14(12-15)7-4-2-3-5-8-14/h6,9,11H,2-5,7-8,10,12,15H2,1H3. The second-order valence-corrected chi connectivity index (χ2v) is 5.33. The lowest BCUT2D eigenvalue weighted by Crippen LogP contribution is -2.51. The van der Waals surface area contributed by atoms with E-state index in [0.29, 0.717) is 0 Å². The van der Waals surface area contributed by atoms with E-state index in [2.05, 4.69) is 11.9 Å². The lowest BCUT2D eigenvalue weighted by Gasteiger charge is -2.40. The van der Waals surface area contributed by atoms with Crippen LogP contribution in [-0.4, -0.2) is 24.0 Å². The topological polar surface area (TPSA) is 42.4 Å². The molecule has 0 radical (unpaired) electrons. The third-order valence-electron chi connectivity index (χ3n) is 4.22. The predicted octanol–water partition coefficient (Wildman–Crippen LogP) is 2.76. The summed E-state index contributed by atoms with van der Waals surface area (Å²) in [6, 6.07) is 2.04. The van der Waals surface area contributed by atoms with E-state index in [-0.39, 0.29) is 5.54 Å². The van der Waals surface area contributed by atoms with Crippen molar-refractivity contribution in [3.63, 3.8) is 0 Å². The largest absolute Gasteiger partial charge is 0.472 e. The molecule has 2 N–H and O–H groups in total. The fourth-order valence-electron chi connectivity index (χ4n) is 2.95. The Morgan fingerprint density at radius 3 is 2.53 bits per heavy atom. The maximum Gasteiger partial charge on any atom is 0.0947 e. The van der Waals surface area contributed by atoms with E-state index in [1.54, 1.807) is 6.26 Å². The lowest BCUT2D eigenvalue weighted by atomic mass is 9.88. The average molecular weight is 236 g/mol. The van der Waals surface area contributed by atoms with Gasteiger partial charge in [-0.25, -0.2) is 0 Å². The molecule has 1 aliphatic rings. The minimum Gasteiger partial charge on any atom is -0.472 e. The molecular formula is C14H24N2O. The summed E-state index contributed by atoms with van der Waals surface area (Å²) >= 11 is 0. The van der Waals surface area contributed by atoms with Gasteiger partial charge in [-0.3, -0.25) is 4.90 Å². The molecule has 1 fully saturated rings. The van der Waals surface area contributed by atoms with E-state index in [0.717, 1.165) is 13.1 Å². The van der Waals surface area contributed by atoms with E-state index < -0.39 is 0 Å². The summed E-state index contributed by atoms with van der Waals surface area (Å²) in [5, 5.41) is 0. The highest BCUT2D eigenvalue weighted by Gasteiger charge is 2.33. The fraction of sp³-hybridized carbons (Fsp3) is 0.714. The zero-order chi connectivity index (χ0) is 12.1. The van der Waals surface area contributed by atoms with Crippen molar-refractivity contribution >= 4 is 0 Å². The van der Waals surface area contributed by atoms with Crippen LogP contribution >= 0.6 is 0 Å². The lowest BCUT2D eigenvalue weighted by molar-refractivity contribution is 0.0995. The highest BCUT2D eigenvalue weighted by molar-refractivity contribution is 5.06. The molecule has 0 bridgehead atoms. The Hall–Kier alpha value is -0.800. The number of hydrogen-bond acceptors (Lipinski definition) is 3. The molecule has 0 aliphatic heterocycles. The van der Waals surface area contributed by atoms with Gasteiger partial charge in [0.1, 0.15) is 0 Å². The van der Waals surface area contributed by atoms with Crippen LogP contribution in [0.2, 0.25) is 0 Å². The monoisotopic (exact) mass is 236 g/mol. The van der Waals surface area contributed by atoms with Crippen LogP contribution in [0.4, 0.5) is 0 Å². The molecule has 1 aliphatic carbocycles. The fourth-order valence-corrected chi connectivity index (χ4v) is 2.95. The van der Waals surface area contributed by atoms with Gasteiger partial charge in [-0.05, 0) is 26.0 Å². The number of nitrogens with zero attached hydrogens (tertiary/aromatic N) is 1. The van der Waals surface area contributed by atoms with E-state index in [1.807, 2.05) is 12.3 Å². The van der Waals surface area contributed by atoms with Crippen LogP contribution in [0.3, 0.4) is 0 Å². The average Bonchev–Trinajstić information content (AvgIpc) is 2.72. The zero-order valence-corrected chi connectivity index (χ0v) is 10.8. The van der Waals surface area contributed by atoms with Crippen molar-refractivity contribution in [1.29, 1.82) is 0 Å². The molecule has 2 rings (SSSR count). The molecule has 1 aromatic heterocycles. The molecule has 1 heterocycles. The van der Waals surface area contributed by atoms with Crippen molar-refractivity contribution in [2.45, 2.75) is 50.6 Å². The van der Waals surface area contributed by atoms with Crippen molar-refractivity contribution in [3.05, 3.63) is 24.2 Å². The Labute approximate surface area is 104 Å². The molecular weight excluding hydrogens is 212 g/mol. The third-order valence-corrected chi connectivity index (χ3v) is 4.22. The van der Waals surface area contributed by atoms with Crippen LogP contribution in [0.15, 0.2) is 23.0 Å². The second kappa shape index (κ2) is 5.69. The first-order valence-electron chi connectivity index (χ1n) is 6.69. The van der Waals surface area contributed by atoms with Crippen molar-refractivity contribution in [2.75, 3.05) is 13.6 Å². The summed E-state index contributed by atoms with van der Waals surface area (Å²) in [7, 11) is 2.20. The molecule has 0 unspecified atom stereocenters. The SMILES string of the molecule is CN(Cc1ccoc1)C1(CN)CCCCCC1. The molecule has 96 valence electrons. The quantitative estimate of drug-likeness (QED) is 0.817. The summed E-state index contributed by atoms with van der Waals surface area (Å²) in [6.07, 6.45) is 11.4. The van der Waals surface area contributed by atoms with Gasteiger partial charge < -0.3 is 10.2 Å². The highest BCUT2D eigenvalue weighted by Crippen LogP contribution is 2.31. The van der Waals surface area contributed by atoms with Crippen LogP contribution in [-0.2, 0) is 6.54 Å². The molecule has 0 saturated heterocycles. The number of rotatable bonds is 4. The van der Waals surface area contributed by atoms with Gasteiger partial charge >= 0.3 is 0 Å². The van der Waals surface area contributed by atoms with E-state index in [9.17, 15) is 0 Å². The smallest absolute Gasteiger partial charge is 0.0947 e. The molecule has 3 nitrogen and oxygen atoms in total. The van der Waals surface area contributed by atoms with Gasteiger partial charge in [0.05, 0.1) is 12.5 Å². The zero-order valence-electron chi connectivity index (χ0n) is 10.8. The van der Waals surface area contributed by atoms with Crippen molar-refractivity contribution in [2.24, 2.45) is 5.73 Å².